The largest absolute Gasteiger partial charge is 0.445 e. The molecule has 0 fully saturated rings. The summed E-state index contributed by atoms with van der Waals surface area (Å²) < 4.78 is 16.0. The van der Waals surface area contributed by atoms with Gasteiger partial charge in [-0.3, -0.25) is 0 Å². The Kier molecular flexibility index (Phi) is 6.20. The number of aryl methyl sites for hydroxylation is 2. The fourth-order valence-corrected chi connectivity index (χ4v) is 2.97. The molecular weight excluding hydrogens is 386 g/mol. The molecule has 30 heavy (non-hydrogen) atoms. The number of carbonyl (C=O) groups is 2. The Balaban J connectivity index is 1.72. The molecule has 1 heterocycles. The average Bonchev–Trinajstić information content (AvgIpc) is 2.70. The number of rotatable bonds is 5. The number of hydrogen-bond acceptors (Lipinski definition) is 6. The summed E-state index contributed by atoms with van der Waals surface area (Å²) in [4.78, 5) is 36.5. The molecule has 0 spiro atoms. The van der Waals surface area contributed by atoms with E-state index in [2.05, 4.69) is 5.32 Å². The third-order valence-corrected chi connectivity index (χ3v) is 4.77. The third-order valence-electron chi connectivity index (χ3n) is 4.77. The summed E-state index contributed by atoms with van der Waals surface area (Å²) in [5.41, 5.74) is 2.63. The van der Waals surface area contributed by atoms with Crippen molar-refractivity contribution in [1.29, 1.82) is 0 Å². The van der Waals surface area contributed by atoms with Gasteiger partial charge in [0.2, 0.25) is 0 Å². The molecule has 7 nitrogen and oxygen atoms in total. The van der Waals surface area contributed by atoms with Crippen LogP contribution in [0.2, 0.25) is 0 Å². The molecule has 0 aliphatic rings. The molecule has 2 aromatic carbocycles. The fraction of sp³-hybridized carbons (Fsp3) is 0.261. The Labute approximate surface area is 173 Å². The second kappa shape index (κ2) is 8.82. The lowest BCUT2D eigenvalue weighted by Crippen LogP contribution is -2.41. The van der Waals surface area contributed by atoms with E-state index in [1.807, 2.05) is 30.3 Å². The van der Waals surface area contributed by atoms with Crippen molar-refractivity contribution in [1.82, 2.24) is 5.32 Å². The molecule has 1 N–H and O–H groups in total. The van der Waals surface area contributed by atoms with E-state index < -0.39 is 23.7 Å². The van der Waals surface area contributed by atoms with Crippen LogP contribution >= 0.6 is 0 Å². The summed E-state index contributed by atoms with van der Waals surface area (Å²) in [6.07, 6.45) is -0.726. The maximum absolute atomic E-state index is 12.6. The molecule has 0 saturated heterocycles. The normalized spacial score (nSPS) is 11.7. The number of fused-ring (bicyclic) bond motifs is 1. The zero-order chi connectivity index (χ0) is 21.8. The molecule has 1 atom stereocenters. The Hall–Kier alpha value is -3.61. The van der Waals surface area contributed by atoms with E-state index in [1.54, 1.807) is 32.9 Å². The minimum atomic E-state index is -0.944. The quantitative estimate of drug-likeness (QED) is 0.390. The standard InChI is InChI=1S/C23H23NO6/c1-13-10-18-20(14(2)15(3)21(25)29-18)19(11-13)30-22(26)16(4)24-23(27)28-12-17-8-6-5-7-9-17/h5-11,16H,12H2,1-4H3,(H,24,27). The number of nitrogens with one attached hydrogen (secondary N) is 1. The molecule has 0 saturated carbocycles. The second-order valence-corrected chi connectivity index (χ2v) is 7.12. The lowest BCUT2D eigenvalue weighted by Gasteiger charge is -2.16. The average molecular weight is 409 g/mol. The van der Waals surface area contributed by atoms with Gasteiger partial charge in [-0.25, -0.2) is 14.4 Å². The number of hydrogen-bond donors (Lipinski definition) is 1. The van der Waals surface area contributed by atoms with Crippen LogP contribution in [-0.4, -0.2) is 18.1 Å². The highest BCUT2D eigenvalue weighted by Gasteiger charge is 2.21. The zero-order valence-electron chi connectivity index (χ0n) is 17.3. The van der Waals surface area contributed by atoms with Gasteiger partial charge in [0.15, 0.2) is 0 Å². The van der Waals surface area contributed by atoms with Gasteiger partial charge >= 0.3 is 17.7 Å². The van der Waals surface area contributed by atoms with E-state index in [0.717, 1.165) is 11.1 Å². The van der Waals surface area contributed by atoms with Gasteiger partial charge in [0, 0.05) is 5.56 Å². The van der Waals surface area contributed by atoms with Crippen molar-refractivity contribution < 1.29 is 23.5 Å². The van der Waals surface area contributed by atoms with E-state index in [4.69, 9.17) is 13.9 Å². The molecule has 0 bridgehead atoms. The molecule has 7 heteroatoms. The van der Waals surface area contributed by atoms with E-state index in [1.165, 1.54) is 6.92 Å². The Bertz CT molecular complexity index is 1150. The van der Waals surface area contributed by atoms with E-state index in [0.29, 0.717) is 22.1 Å². The number of amides is 1. The van der Waals surface area contributed by atoms with Crippen LogP contribution in [0.4, 0.5) is 4.79 Å². The number of ether oxygens (including phenoxy) is 2. The Morgan fingerprint density at radius 3 is 2.47 bits per heavy atom. The topological polar surface area (TPSA) is 94.8 Å². The molecule has 156 valence electrons. The molecule has 0 radical (unpaired) electrons. The van der Waals surface area contributed by atoms with Crippen molar-refractivity contribution in [3.8, 4) is 5.75 Å². The minimum absolute atomic E-state index is 0.0917. The lowest BCUT2D eigenvalue weighted by atomic mass is 10.0. The van der Waals surface area contributed by atoms with Gasteiger partial charge in [-0.2, -0.15) is 0 Å². The first-order valence-electron chi connectivity index (χ1n) is 9.50. The summed E-state index contributed by atoms with van der Waals surface area (Å²) in [5, 5.41) is 3.01. The van der Waals surface area contributed by atoms with Crippen LogP contribution in [0.3, 0.4) is 0 Å². The molecule has 3 aromatic rings. The van der Waals surface area contributed by atoms with Gasteiger partial charge in [-0.1, -0.05) is 30.3 Å². The molecule has 0 aliphatic carbocycles. The Morgan fingerprint density at radius 2 is 1.77 bits per heavy atom. The molecule has 1 unspecified atom stereocenters. The number of alkyl carbamates (subject to hydrolysis) is 1. The van der Waals surface area contributed by atoms with Crippen LogP contribution in [0.5, 0.6) is 5.75 Å². The molecule has 3 rings (SSSR count). The van der Waals surface area contributed by atoms with Crippen LogP contribution < -0.4 is 15.7 Å². The summed E-state index contributed by atoms with van der Waals surface area (Å²) in [7, 11) is 0. The number of carbonyl (C=O) groups excluding carboxylic acids is 2. The zero-order valence-corrected chi connectivity index (χ0v) is 17.3. The summed E-state index contributed by atoms with van der Waals surface area (Å²) in [6.45, 7) is 6.81. The monoisotopic (exact) mass is 409 g/mol. The summed E-state index contributed by atoms with van der Waals surface area (Å²) in [5.74, 6) is -0.396. The number of esters is 1. The highest BCUT2D eigenvalue weighted by Crippen LogP contribution is 2.31. The highest BCUT2D eigenvalue weighted by atomic mass is 16.6. The van der Waals surface area contributed by atoms with Crippen molar-refractivity contribution in [3.05, 3.63) is 75.1 Å². The first-order chi connectivity index (χ1) is 14.3. The molecule has 0 aliphatic heterocycles. The van der Waals surface area contributed by atoms with Crippen LogP contribution in [0, 0.1) is 20.8 Å². The van der Waals surface area contributed by atoms with Gasteiger partial charge in [0.05, 0.1) is 5.39 Å². The molecular formula is C23H23NO6. The van der Waals surface area contributed by atoms with Crippen molar-refractivity contribution >= 4 is 23.0 Å². The van der Waals surface area contributed by atoms with E-state index in [9.17, 15) is 14.4 Å². The molecule has 1 amide bonds. The van der Waals surface area contributed by atoms with Gasteiger partial charge in [0.25, 0.3) is 0 Å². The van der Waals surface area contributed by atoms with Crippen LogP contribution in [0.15, 0.2) is 51.7 Å². The van der Waals surface area contributed by atoms with Crippen molar-refractivity contribution in [3.63, 3.8) is 0 Å². The fourth-order valence-electron chi connectivity index (χ4n) is 2.97. The van der Waals surface area contributed by atoms with Gasteiger partial charge in [0.1, 0.15) is 24.0 Å². The van der Waals surface area contributed by atoms with Gasteiger partial charge in [-0.15, -0.1) is 0 Å². The summed E-state index contributed by atoms with van der Waals surface area (Å²) >= 11 is 0. The first kappa shape index (κ1) is 21.1. The van der Waals surface area contributed by atoms with Gasteiger partial charge < -0.3 is 19.2 Å². The maximum atomic E-state index is 12.6. The minimum Gasteiger partial charge on any atom is -0.445 e. The van der Waals surface area contributed by atoms with Crippen molar-refractivity contribution in [2.24, 2.45) is 0 Å². The predicted octanol–water partition coefficient (Wildman–Crippen LogP) is 3.94. The van der Waals surface area contributed by atoms with E-state index >= 15 is 0 Å². The van der Waals surface area contributed by atoms with Crippen molar-refractivity contribution in [2.45, 2.75) is 40.3 Å². The number of benzene rings is 2. The van der Waals surface area contributed by atoms with Crippen LogP contribution in [0.25, 0.3) is 11.0 Å². The smallest absolute Gasteiger partial charge is 0.408 e. The van der Waals surface area contributed by atoms with Crippen LogP contribution in [-0.2, 0) is 16.1 Å². The Morgan fingerprint density at radius 1 is 1.07 bits per heavy atom. The highest BCUT2D eigenvalue weighted by molar-refractivity contribution is 5.91. The lowest BCUT2D eigenvalue weighted by molar-refractivity contribution is -0.136. The van der Waals surface area contributed by atoms with Gasteiger partial charge in [-0.05, 0) is 56.5 Å². The van der Waals surface area contributed by atoms with Crippen LogP contribution in [0.1, 0.15) is 29.2 Å². The first-order valence-corrected chi connectivity index (χ1v) is 9.50. The SMILES string of the molecule is Cc1cc(OC(=O)C(C)NC(=O)OCc2ccccc2)c2c(C)c(C)c(=O)oc2c1. The maximum Gasteiger partial charge on any atom is 0.408 e. The summed E-state index contributed by atoms with van der Waals surface area (Å²) in [6, 6.07) is 11.7. The molecule has 1 aromatic heterocycles. The second-order valence-electron chi connectivity index (χ2n) is 7.12. The predicted molar refractivity (Wildman–Crippen MR) is 112 cm³/mol. The van der Waals surface area contributed by atoms with E-state index in [-0.39, 0.29) is 12.4 Å². The third kappa shape index (κ3) is 4.68. The van der Waals surface area contributed by atoms with Crippen molar-refractivity contribution in [2.75, 3.05) is 0 Å².